The fourth-order valence-electron chi connectivity index (χ4n) is 2.56. The summed E-state index contributed by atoms with van der Waals surface area (Å²) in [4.78, 5) is 15.4. The van der Waals surface area contributed by atoms with E-state index in [1.165, 1.54) is 11.8 Å². The van der Waals surface area contributed by atoms with Gasteiger partial charge >= 0.3 is 0 Å². The van der Waals surface area contributed by atoms with E-state index < -0.39 is 0 Å². The molecule has 0 saturated carbocycles. The lowest BCUT2D eigenvalue weighted by Crippen LogP contribution is -2.32. The molecule has 25 heavy (non-hydrogen) atoms. The molecule has 0 bridgehead atoms. The molecule has 5 heteroatoms. The Morgan fingerprint density at radius 3 is 2.64 bits per heavy atom. The van der Waals surface area contributed by atoms with Crippen LogP contribution in [0.5, 0.6) is 11.5 Å². The molecule has 0 unspecified atom stereocenters. The number of benzene rings is 2. The normalized spacial score (nSPS) is 12.5. The van der Waals surface area contributed by atoms with Crippen LogP contribution in [-0.4, -0.2) is 36.3 Å². The SMILES string of the molecule is C=CCN(Cc1ccccc1)C(=O)CSc1ccc2c(c1)OCCO2. The molecule has 0 aromatic heterocycles. The van der Waals surface area contributed by atoms with E-state index in [0.29, 0.717) is 32.1 Å². The maximum Gasteiger partial charge on any atom is 0.233 e. The van der Waals surface area contributed by atoms with E-state index in [-0.39, 0.29) is 5.91 Å². The maximum absolute atomic E-state index is 12.6. The minimum atomic E-state index is 0.0867. The molecule has 0 spiro atoms. The van der Waals surface area contributed by atoms with Gasteiger partial charge in [0.1, 0.15) is 13.2 Å². The Morgan fingerprint density at radius 1 is 1.12 bits per heavy atom. The lowest BCUT2D eigenvalue weighted by atomic mass is 10.2. The first-order chi connectivity index (χ1) is 12.3. The minimum Gasteiger partial charge on any atom is -0.486 e. The summed E-state index contributed by atoms with van der Waals surface area (Å²) in [5.41, 5.74) is 1.11. The molecule has 0 aliphatic carbocycles. The lowest BCUT2D eigenvalue weighted by molar-refractivity contribution is -0.128. The predicted octanol–water partition coefficient (Wildman–Crippen LogP) is 3.76. The van der Waals surface area contributed by atoms with E-state index in [2.05, 4.69) is 6.58 Å². The van der Waals surface area contributed by atoms with E-state index in [0.717, 1.165) is 22.0 Å². The van der Waals surface area contributed by atoms with Crippen molar-refractivity contribution < 1.29 is 14.3 Å². The van der Waals surface area contributed by atoms with Crippen LogP contribution < -0.4 is 9.47 Å². The standard InChI is InChI=1S/C20H21NO3S/c1-2-10-21(14-16-6-4-3-5-7-16)20(22)15-25-17-8-9-18-19(13-17)24-12-11-23-18/h2-9,13H,1,10-12,14-15H2. The number of fused-ring (bicyclic) bond motifs is 1. The van der Waals surface area contributed by atoms with Crippen molar-refractivity contribution in [1.29, 1.82) is 0 Å². The molecule has 0 radical (unpaired) electrons. The van der Waals surface area contributed by atoms with Crippen molar-refractivity contribution in [2.75, 3.05) is 25.5 Å². The first-order valence-corrected chi connectivity index (χ1v) is 9.20. The number of rotatable bonds is 7. The molecule has 0 saturated heterocycles. The van der Waals surface area contributed by atoms with Gasteiger partial charge in [-0.2, -0.15) is 0 Å². The number of carbonyl (C=O) groups is 1. The monoisotopic (exact) mass is 355 g/mol. The van der Waals surface area contributed by atoms with Crippen molar-refractivity contribution in [3.05, 3.63) is 66.7 Å². The molecular weight excluding hydrogens is 334 g/mol. The Kier molecular flexibility index (Phi) is 6.01. The highest BCUT2D eigenvalue weighted by Crippen LogP contribution is 2.34. The zero-order chi connectivity index (χ0) is 17.5. The summed E-state index contributed by atoms with van der Waals surface area (Å²) in [5.74, 6) is 1.97. The van der Waals surface area contributed by atoms with Crippen LogP contribution in [-0.2, 0) is 11.3 Å². The van der Waals surface area contributed by atoms with Gasteiger partial charge in [0.15, 0.2) is 11.5 Å². The summed E-state index contributed by atoms with van der Waals surface area (Å²) in [7, 11) is 0. The number of ether oxygens (including phenoxy) is 2. The van der Waals surface area contributed by atoms with Crippen LogP contribution in [0.3, 0.4) is 0 Å². The zero-order valence-corrected chi connectivity index (χ0v) is 14.8. The molecular formula is C20H21NO3S. The minimum absolute atomic E-state index is 0.0867. The number of hydrogen-bond donors (Lipinski definition) is 0. The van der Waals surface area contributed by atoms with Crippen molar-refractivity contribution >= 4 is 17.7 Å². The van der Waals surface area contributed by atoms with E-state index in [1.807, 2.05) is 53.4 Å². The van der Waals surface area contributed by atoms with Gasteiger partial charge in [-0.1, -0.05) is 36.4 Å². The topological polar surface area (TPSA) is 38.8 Å². The second-order valence-corrected chi connectivity index (χ2v) is 6.69. The van der Waals surface area contributed by atoms with Crippen LogP contribution >= 0.6 is 11.8 Å². The van der Waals surface area contributed by atoms with Crippen molar-refractivity contribution in [2.24, 2.45) is 0 Å². The van der Waals surface area contributed by atoms with Crippen molar-refractivity contribution in [3.63, 3.8) is 0 Å². The van der Waals surface area contributed by atoms with Gasteiger partial charge < -0.3 is 14.4 Å². The number of thioether (sulfide) groups is 1. The van der Waals surface area contributed by atoms with Crippen LogP contribution in [0.1, 0.15) is 5.56 Å². The highest BCUT2D eigenvalue weighted by Gasteiger charge is 2.15. The highest BCUT2D eigenvalue weighted by molar-refractivity contribution is 8.00. The van der Waals surface area contributed by atoms with Crippen LogP contribution in [0, 0.1) is 0 Å². The van der Waals surface area contributed by atoms with Crippen LogP contribution in [0.15, 0.2) is 66.1 Å². The lowest BCUT2D eigenvalue weighted by Gasteiger charge is -2.21. The summed E-state index contributed by atoms with van der Waals surface area (Å²) in [5, 5.41) is 0. The molecule has 1 aliphatic rings. The van der Waals surface area contributed by atoms with Gasteiger partial charge in [0.05, 0.1) is 5.75 Å². The van der Waals surface area contributed by atoms with E-state index >= 15 is 0 Å². The van der Waals surface area contributed by atoms with Gasteiger partial charge in [0, 0.05) is 18.0 Å². The smallest absolute Gasteiger partial charge is 0.233 e. The average Bonchev–Trinajstić information content (AvgIpc) is 2.66. The summed E-state index contributed by atoms with van der Waals surface area (Å²) < 4.78 is 11.1. The first-order valence-electron chi connectivity index (χ1n) is 8.21. The Labute approximate surface area is 152 Å². The molecule has 1 aliphatic heterocycles. The predicted molar refractivity (Wildman–Crippen MR) is 100 cm³/mol. The molecule has 0 fully saturated rings. The van der Waals surface area contributed by atoms with Crippen LogP contribution in [0.2, 0.25) is 0 Å². The van der Waals surface area contributed by atoms with Gasteiger partial charge in [-0.05, 0) is 23.8 Å². The van der Waals surface area contributed by atoms with Gasteiger partial charge in [0.2, 0.25) is 5.91 Å². The molecule has 4 nitrogen and oxygen atoms in total. The van der Waals surface area contributed by atoms with E-state index in [9.17, 15) is 4.79 Å². The second-order valence-electron chi connectivity index (χ2n) is 5.64. The van der Waals surface area contributed by atoms with Gasteiger partial charge in [0.25, 0.3) is 0 Å². The van der Waals surface area contributed by atoms with E-state index in [1.54, 1.807) is 6.08 Å². The summed E-state index contributed by atoms with van der Waals surface area (Å²) in [6.45, 7) is 6.02. The largest absolute Gasteiger partial charge is 0.486 e. The van der Waals surface area contributed by atoms with Gasteiger partial charge in [-0.3, -0.25) is 4.79 Å². The Hall–Kier alpha value is -2.40. The van der Waals surface area contributed by atoms with Crippen molar-refractivity contribution in [2.45, 2.75) is 11.4 Å². The molecule has 0 N–H and O–H groups in total. The Morgan fingerprint density at radius 2 is 1.88 bits per heavy atom. The average molecular weight is 355 g/mol. The fraction of sp³-hybridized carbons (Fsp3) is 0.250. The first kappa shape index (κ1) is 17.4. The summed E-state index contributed by atoms with van der Waals surface area (Å²) in [6.07, 6.45) is 1.76. The summed E-state index contributed by atoms with van der Waals surface area (Å²) in [6, 6.07) is 15.8. The van der Waals surface area contributed by atoms with Gasteiger partial charge in [-0.25, -0.2) is 0 Å². The van der Waals surface area contributed by atoms with Crippen LogP contribution in [0.4, 0.5) is 0 Å². The number of nitrogens with zero attached hydrogens (tertiary/aromatic N) is 1. The highest BCUT2D eigenvalue weighted by atomic mass is 32.2. The van der Waals surface area contributed by atoms with Crippen LogP contribution in [0.25, 0.3) is 0 Å². The maximum atomic E-state index is 12.6. The van der Waals surface area contributed by atoms with E-state index in [4.69, 9.17) is 9.47 Å². The Balaban J connectivity index is 1.60. The molecule has 130 valence electrons. The summed E-state index contributed by atoms with van der Waals surface area (Å²) >= 11 is 1.51. The number of amides is 1. The zero-order valence-electron chi connectivity index (χ0n) is 14.0. The molecule has 1 amide bonds. The third-order valence-corrected chi connectivity index (χ3v) is 4.77. The molecule has 2 aromatic carbocycles. The molecule has 1 heterocycles. The second kappa shape index (κ2) is 8.62. The fourth-order valence-corrected chi connectivity index (χ4v) is 3.39. The number of hydrogen-bond acceptors (Lipinski definition) is 4. The van der Waals surface area contributed by atoms with Gasteiger partial charge in [-0.15, -0.1) is 18.3 Å². The Bertz CT molecular complexity index is 733. The molecule has 2 aromatic rings. The molecule has 0 atom stereocenters. The number of carbonyl (C=O) groups excluding carboxylic acids is 1. The third-order valence-electron chi connectivity index (χ3n) is 3.79. The van der Waals surface area contributed by atoms with Crippen molar-refractivity contribution in [1.82, 2.24) is 4.90 Å². The quantitative estimate of drug-likeness (QED) is 0.560. The van der Waals surface area contributed by atoms with Crippen molar-refractivity contribution in [3.8, 4) is 11.5 Å². The molecule has 3 rings (SSSR count). The third kappa shape index (κ3) is 4.79.